The highest BCUT2D eigenvalue weighted by molar-refractivity contribution is 7.22. The number of rotatable bonds is 6. The van der Waals surface area contributed by atoms with Crippen molar-refractivity contribution in [1.29, 1.82) is 0 Å². The van der Waals surface area contributed by atoms with E-state index < -0.39 is 6.10 Å². The Bertz CT molecular complexity index is 1020. The highest BCUT2D eigenvalue weighted by Gasteiger charge is 2.33. The second kappa shape index (κ2) is 8.39. The van der Waals surface area contributed by atoms with Crippen molar-refractivity contribution in [2.75, 3.05) is 38.7 Å². The van der Waals surface area contributed by atoms with Gasteiger partial charge < -0.3 is 14.4 Å². The zero-order chi connectivity index (χ0) is 20.4. The first-order valence-electron chi connectivity index (χ1n) is 9.93. The Morgan fingerprint density at radius 2 is 2.03 bits per heavy atom. The van der Waals surface area contributed by atoms with Gasteiger partial charge in [-0.1, -0.05) is 36.5 Å². The normalized spacial score (nSPS) is 15.7. The molecule has 7 heteroatoms. The van der Waals surface area contributed by atoms with Crippen molar-refractivity contribution >= 4 is 32.6 Å². The number of benzene rings is 2. The molecule has 29 heavy (non-hydrogen) atoms. The smallest absolute Gasteiger partial charge is 0.273 e. The highest BCUT2D eigenvalue weighted by atomic mass is 32.1. The number of hydrogen-bond acceptors (Lipinski definition) is 5. The minimum atomic E-state index is -0.680. The van der Waals surface area contributed by atoms with E-state index >= 15 is 0 Å². The Labute approximate surface area is 174 Å². The molecule has 2 heterocycles. The first kappa shape index (κ1) is 19.7. The maximum atomic E-state index is 13.4. The van der Waals surface area contributed by atoms with Crippen LogP contribution < -0.4 is 19.3 Å². The molecule has 0 aliphatic carbocycles. The molecule has 1 N–H and O–H groups in total. The molecule has 0 saturated carbocycles. The van der Waals surface area contributed by atoms with Gasteiger partial charge in [-0.05, 0) is 36.2 Å². The molecule has 4 rings (SSSR count). The molecule has 0 spiro atoms. The summed E-state index contributed by atoms with van der Waals surface area (Å²) < 4.78 is 12.8. The van der Waals surface area contributed by atoms with E-state index in [1.54, 1.807) is 16.2 Å². The fourth-order valence-corrected chi connectivity index (χ4v) is 4.30. The van der Waals surface area contributed by atoms with Crippen LogP contribution in [0.4, 0.5) is 5.13 Å². The number of fused-ring (bicyclic) bond motifs is 2. The molecule has 3 aromatic rings. The van der Waals surface area contributed by atoms with Crippen LogP contribution in [0.5, 0.6) is 11.5 Å². The van der Waals surface area contributed by atoms with Crippen molar-refractivity contribution < 1.29 is 19.2 Å². The average Bonchev–Trinajstić information content (AvgIpc) is 3.15. The zero-order valence-corrected chi connectivity index (χ0v) is 17.8. The minimum Gasteiger partial charge on any atom is -0.485 e. The van der Waals surface area contributed by atoms with Gasteiger partial charge in [0.05, 0.1) is 37.4 Å². The van der Waals surface area contributed by atoms with Crippen LogP contribution in [0.2, 0.25) is 0 Å². The van der Waals surface area contributed by atoms with E-state index in [1.165, 1.54) is 10.5 Å². The highest BCUT2D eigenvalue weighted by Crippen LogP contribution is 2.33. The molecule has 0 radical (unpaired) electrons. The van der Waals surface area contributed by atoms with Crippen LogP contribution in [0.3, 0.4) is 0 Å². The third kappa shape index (κ3) is 4.21. The van der Waals surface area contributed by atoms with E-state index in [1.807, 2.05) is 30.3 Å². The van der Waals surface area contributed by atoms with Gasteiger partial charge in [-0.15, -0.1) is 0 Å². The molecule has 152 valence electrons. The predicted molar refractivity (Wildman–Crippen MR) is 115 cm³/mol. The number of para-hydroxylation sites is 2. The average molecular weight is 413 g/mol. The summed E-state index contributed by atoms with van der Waals surface area (Å²) in [6.45, 7) is 3.72. The standard InChI is InChI=1S/C22H25N3O3S/c1-4-15-9-10-16-20(13-15)29-22(23-16)25(12-11-24(2)3)21(26)19-14-27-17-7-5-6-8-18(17)28-19/h5-10,13,19H,4,11-12,14H2,1-3H3/p+1/t19-/m1/s1. The summed E-state index contributed by atoms with van der Waals surface area (Å²) in [5, 5.41) is 0.710. The lowest BCUT2D eigenvalue weighted by molar-refractivity contribution is -0.856. The number of nitrogens with one attached hydrogen (secondary N) is 1. The van der Waals surface area contributed by atoms with Gasteiger partial charge in [0.15, 0.2) is 16.6 Å². The van der Waals surface area contributed by atoms with Crippen LogP contribution in [-0.4, -0.2) is 50.8 Å². The summed E-state index contributed by atoms with van der Waals surface area (Å²) in [7, 11) is 4.15. The molecule has 1 amide bonds. The molecule has 1 aliphatic heterocycles. The number of ether oxygens (including phenoxy) is 2. The number of amides is 1. The van der Waals surface area contributed by atoms with Gasteiger partial charge in [0.2, 0.25) is 6.10 Å². The Morgan fingerprint density at radius 3 is 2.79 bits per heavy atom. The van der Waals surface area contributed by atoms with Gasteiger partial charge in [-0.2, -0.15) is 0 Å². The van der Waals surface area contributed by atoms with E-state index in [-0.39, 0.29) is 12.5 Å². The van der Waals surface area contributed by atoms with Crippen molar-refractivity contribution in [3.05, 3.63) is 48.0 Å². The molecule has 1 aliphatic rings. The van der Waals surface area contributed by atoms with Crippen molar-refractivity contribution in [3.63, 3.8) is 0 Å². The fourth-order valence-electron chi connectivity index (χ4n) is 3.24. The number of quaternary nitrogens is 1. The second-order valence-electron chi connectivity index (χ2n) is 7.46. The fraction of sp³-hybridized carbons (Fsp3) is 0.364. The number of anilines is 1. The van der Waals surface area contributed by atoms with Crippen LogP contribution in [0.1, 0.15) is 12.5 Å². The first-order valence-corrected chi connectivity index (χ1v) is 10.7. The van der Waals surface area contributed by atoms with E-state index in [0.717, 1.165) is 23.2 Å². The SMILES string of the molecule is CCc1ccc2nc(N(CC[NH+](C)C)C(=O)[C@H]3COc4ccccc4O3)sc2c1. The number of aromatic nitrogens is 1. The summed E-state index contributed by atoms with van der Waals surface area (Å²) in [6, 6.07) is 13.7. The zero-order valence-electron chi connectivity index (χ0n) is 17.0. The van der Waals surface area contributed by atoms with E-state index in [4.69, 9.17) is 14.5 Å². The minimum absolute atomic E-state index is 0.115. The topological polar surface area (TPSA) is 56.1 Å². The number of likely N-dealkylation sites (N-methyl/N-ethyl adjacent to an activating group) is 1. The van der Waals surface area contributed by atoms with Gasteiger partial charge >= 0.3 is 0 Å². The van der Waals surface area contributed by atoms with Gasteiger partial charge in [0.25, 0.3) is 5.91 Å². The summed E-state index contributed by atoms with van der Waals surface area (Å²) in [6.07, 6.45) is 0.294. The monoisotopic (exact) mass is 412 g/mol. The molecule has 6 nitrogen and oxygen atoms in total. The van der Waals surface area contributed by atoms with Gasteiger partial charge in [0.1, 0.15) is 6.61 Å². The summed E-state index contributed by atoms with van der Waals surface area (Å²) >= 11 is 1.55. The molecule has 1 aromatic heterocycles. The van der Waals surface area contributed by atoms with Gasteiger partial charge in [-0.25, -0.2) is 4.98 Å². The van der Waals surface area contributed by atoms with Crippen molar-refractivity contribution in [1.82, 2.24) is 4.98 Å². The Morgan fingerprint density at radius 1 is 1.24 bits per heavy atom. The maximum Gasteiger partial charge on any atom is 0.273 e. The van der Waals surface area contributed by atoms with Gasteiger partial charge in [-0.3, -0.25) is 9.69 Å². The molecule has 0 fully saturated rings. The first-order chi connectivity index (χ1) is 14.0. The van der Waals surface area contributed by atoms with Crippen molar-refractivity contribution in [2.24, 2.45) is 0 Å². The summed E-state index contributed by atoms with van der Waals surface area (Å²) in [4.78, 5) is 21.2. The predicted octanol–water partition coefficient (Wildman–Crippen LogP) is 2.18. The molecule has 1 atom stereocenters. The molecule has 0 bridgehead atoms. The Kier molecular flexibility index (Phi) is 5.69. The molecule has 0 saturated heterocycles. The van der Waals surface area contributed by atoms with E-state index in [2.05, 4.69) is 33.2 Å². The number of nitrogens with zero attached hydrogens (tertiary/aromatic N) is 2. The Balaban J connectivity index is 1.62. The molecular formula is C22H26N3O3S+. The van der Waals surface area contributed by atoms with Crippen LogP contribution in [0.25, 0.3) is 10.2 Å². The molecule has 0 unspecified atom stereocenters. The van der Waals surface area contributed by atoms with E-state index in [9.17, 15) is 4.79 Å². The summed E-state index contributed by atoms with van der Waals surface area (Å²) in [5.41, 5.74) is 2.19. The van der Waals surface area contributed by atoms with Crippen LogP contribution in [0, 0.1) is 0 Å². The quantitative estimate of drug-likeness (QED) is 0.674. The second-order valence-corrected chi connectivity index (χ2v) is 8.47. The van der Waals surface area contributed by atoms with E-state index in [0.29, 0.717) is 23.2 Å². The lowest BCUT2D eigenvalue weighted by atomic mass is 10.2. The van der Waals surface area contributed by atoms with Crippen LogP contribution >= 0.6 is 11.3 Å². The summed E-state index contributed by atoms with van der Waals surface area (Å²) in [5.74, 6) is 1.16. The van der Waals surface area contributed by atoms with Crippen LogP contribution in [0.15, 0.2) is 42.5 Å². The van der Waals surface area contributed by atoms with Crippen LogP contribution in [-0.2, 0) is 11.2 Å². The third-order valence-electron chi connectivity index (χ3n) is 4.97. The number of thiazole rings is 1. The lowest BCUT2D eigenvalue weighted by Crippen LogP contribution is -3.06. The number of aryl methyl sites for hydroxylation is 1. The Hall–Kier alpha value is -2.64. The van der Waals surface area contributed by atoms with Gasteiger partial charge in [0, 0.05) is 0 Å². The van der Waals surface area contributed by atoms with Crippen molar-refractivity contribution in [2.45, 2.75) is 19.4 Å². The van der Waals surface area contributed by atoms with Crippen molar-refractivity contribution in [3.8, 4) is 11.5 Å². The number of hydrogen-bond donors (Lipinski definition) is 1. The largest absolute Gasteiger partial charge is 0.485 e. The maximum absolute atomic E-state index is 13.4. The third-order valence-corrected chi connectivity index (χ3v) is 6.01. The lowest BCUT2D eigenvalue weighted by Gasteiger charge is -2.29. The number of carbonyl (C=O) groups is 1. The molecular weight excluding hydrogens is 386 g/mol. The number of carbonyl (C=O) groups excluding carboxylic acids is 1. The molecule has 2 aromatic carbocycles.